The molecule has 4 heterocycles. The highest BCUT2D eigenvalue weighted by molar-refractivity contribution is 7.15. The van der Waals surface area contributed by atoms with Gasteiger partial charge in [-0.15, -0.1) is 0 Å². The lowest BCUT2D eigenvalue weighted by atomic mass is 10.1. The molecule has 2 N–H and O–H groups in total. The van der Waals surface area contributed by atoms with Gasteiger partial charge < -0.3 is 9.88 Å². The largest absolute Gasteiger partial charge is 0.345 e. The summed E-state index contributed by atoms with van der Waals surface area (Å²) in [7, 11) is 0. The quantitative estimate of drug-likeness (QED) is 0.546. The summed E-state index contributed by atoms with van der Waals surface area (Å²) in [6.45, 7) is 1.07. The van der Waals surface area contributed by atoms with Gasteiger partial charge in [0.25, 0.3) is 11.8 Å². The molecule has 0 spiro atoms. The summed E-state index contributed by atoms with van der Waals surface area (Å²) in [4.78, 5) is 43.8. The highest BCUT2D eigenvalue weighted by atomic mass is 32.1. The number of carbonyl (C=O) groups is 2. The Labute approximate surface area is 169 Å². The van der Waals surface area contributed by atoms with Crippen LogP contribution in [-0.4, -0.2) is 43.2 Å². The van der Waals surface area contributed by atoms with E-state index in [1.807, 2.05) is 17.0 Å². The normalized spacial score (nSPS) is 13.3. The third-order valence-electron chi connectivity index (χ3n) is 4.80. The zero-order chi connectivity index (χ0) is 19.8. The van der Waals surface area contributed by atoms with Crippen LogP contribution in [0.2, 0.25) is 0 Å². The number of aromatic amines is 1. The van der Waals surface area contributed by atoms with E-state index in [0.29, 0.717) is 35.9 Å². The Balaban J connectivity index is 1.32. The number of aromatic nitrogens is 4. The second-order valence-corrected chi connectivity index (χ2v) is 7.75. The molecule has 0 fully saturated rings. The van der Waals surface area contributed by atoms with E-state index in [-0.39, 0.29) is 11.8 Å². The molecule has 0 unspecified atom stereocenters. The molecule has 2 amide bonds. The molecule has 4 aromatic rings. The minimum atomic E-state index is -0.294. The summed E-state index contributed by atoms with van der Waals surface area (Å²) in [5, 5.41) is 3.33. The van der Waals surface area contributed by atoms with Gasteiger partial charge in [0.2, 0.25) is 0 Å². The molecule has 3 aromatic heterocycles. The van der Waals surface area contributed by atoms with Crippen LogP contribution >= 0.6 is 11.3 Å². The van der Waals surface area contributed by atoms with Crippen molar-refractivity contribution >= 4 is 39.3 Å². The average molecular weight is 404 g/mol. The van der Waals surface area contributed by atoms with Crippen LogP contribution in [0.5, 0.6) is 0 Å². The Bertz CT molecular complexity index is 1220. The van der Waals surface area contributed by atoms with Crippen molar-refractivity contribution in [1.29, 1.82) is 0 Å². The topological polar surface area (TPSA) is 104 Å². The fourth-order valence-electron chi connectivity index (χ4n) is 3.33. The molecule has 144 valence electrons. The van der Waals surface area contributed by atoms with Gasteiger partial charge in [0, 0.05) is 29.6 Å². The maximum absolute atomic E-state index is 12.9. The minimum absolute atomic E-state index is 0.0281. The number of H-pyrrole nitrogens is 1. The van der Waals surface area contributed by atoms with Crippen molar-refractivity contribution in [3.63, 3.8) is 0 Å². The van der Waals surface area contributed by atoms with E-state index in [1.54, 1.807) is 36.8 Å². The van der Waals surface area contributed by atoms with Crippen LogP contribution in [0.1, 0.15) is 31.4 Å². The number of hydrogen-bond acceptors (Lipinski definition) is 6. The van der Waals surface area contributed by atoms with Gasteiger partial charge in [-0.05, 0) is 30.3 Å². The summed E-state index contributed by atoms with van der Waals surface area (Å²) in [6, 6.07) is 10.6. The first kappa shape index (κ1) is 17.5. The monoisotopic (exact) mass is 404 g/mol. The smallest absolute Gasteiger partial charge is 0.276 e. The first-order valence-electron chi connectivity index (χ1n) is 9.11. The number of amides is 2. The number of fused-ring (bicyclic) bond motifs is 2. The summed E-state index contributed by atoms with van der Waals surface area (Å²) < 4.78 is 0. The fourth-order valence-corrected chi connectivity index (χ4v) is 4.35. The summed E-state index contributed by atoms with van der Waals surface area (Å²) >= 11 is 1.40. The van der Waals surface area contributed by atoms with Crippen LogP contribution in [0.3, 0.4) is 0 Å². The predicted octanol–water partition coefficient (Wildman–Crippen LogP) is 2.87. The Kier molecular flexibility index (Phi) is 4.28. The molecule has 8 nitrogen and oxygen atoms in total. The first-order valence-corrected chi connectivity index (χ1v) is 9.92. The number of nitrogens with zero attached hydrogens (tertiary/aromatic N) is 4. The first-order chi connectivity index (χ1) is 14.2. The summed E-state index contributed by atoms with van der Waals surface area (Å²) in [5.74, 6) is -0.322. The van der Waals surface area contributed by atoms with E-state index in [0.717, 1.165) is 21.6 Å². The van der Waals surface area contributed by atoms with E-state index in [9.17, 15) is 9.59 Å². The Morgan fingerprint density at radius 2 is 2.10 bits per heavy atom. The van der Waals surface area contributed by atoms with E-state index in [2.05, 4.69) is 25.3 Å². The lowest BCUT2D eigenvalue weighted by molar-refractivity contribution is 0.0736. The third-order valence-corrected chi connectivity index (χ3v) is 5.80. The molecule has 0 radical (unpaired) electrons. The molecular formula is C20H16N6O2S. The number of carbonyl (C=O) groups excluding carboxylic acids is 2. The Morgan fingerprint density at radius 3 is 2.97 bits per heavy atom. The van der Waals surface area contributed by atoms with Gasteiger partial charge in [0.05, 0.1) is 29.6 Å². The van der Waals surface area contributed by atoms with Crippen molar-refractivity contribution in [2.45, 2.75) is 13.0 Å². The van der Waals surface area contributed by atoms with Gasteiger partial charge in [-0.1, -0.05) is 17.4 Å². The van der Waals surface area contributed by atoms with Crippen molar-refractivity contribution in [1.82, 2.24) is 24.8 Å². The molecule has 5 rings (SSSR count). The second kappa shape index (κ2) is 7.10. The van der Waals surface area contributed by atoms with Gasteiger partial charge in [-0.3, -0.25) is 19.9 Å². The molecule has 9 heteroatoms. The Hall–Kier alpha value is -3.59. The van der Waals surface area contributed by atoms with E-state index in [4.69, 9.17) is 0 Å². The third kappa shape index (κ3) is 3.36. The molecular weight excluding hydrogens is 388 g/mol. The molecule has 0 atom stereocenters. The number of hydrogen-bond donors (Lipinski definition) is 2. The molecule has 0 aliphatic carbocycles. The Morgan fingerprint density at radius 1 is 1.17 bits per heavy atom. The van der Waals surface area contributed by atoms with Crippen LogP contribution < -0.4 is 5.32 Å². The summed E-state index contributed by atoms with van der Waals surface area (Å²) in [5.41, 5.74) is 3.56. The number of pyridine rings is 1. The maximum Gasteiger partial charge on any atom is 0.276 e. The number of anilines is 1. The van der Waals surface area contributed by atoms with Crippen LogP contribution in [0.25, 0.3) is 11.0 Å². The zero-order valence-corrected chi connectivity index (χ0v) is 16.1. The van der Waals surface area contributed by atoms with Crippen molar-refractivity contribution in [2.75, 3.05) is 11.9 Å². The van der Waals surface area contributed by atoms with Gasteiger partial charge in [-0.2, -0.15) is 0 Å². The molecule has 1 aliphatic heterocycles. The van der Waals surface area contributed by atoms with Crippen molar-refractivity contribution in [3.05, 3.63) is 70.8 Å². The van der Waals surface area contributed by atoms with Crippen LogP contribution in [0.4, 0.5) is 5.13 Å². The standard InChI is InChI=1S/C20H16N6O2S/c27-18(15-3-1-2-7-21-15)25-20-24-14-6-8-26(10-17(14)29-20)19(28)12-4-5-13-16(9-12)23-11-22-13/h1-5,7,9,11H,6,8,10H2,(H,22,23)(H,24,25,27). The molecule has 1 aromatic carbocycles. The fraction of sp³-hybridized carbons (Fsp3) is 0.150. The van der Waals surface area contributed by atoms with Gasteiger partial charge in [0.15, 0.2) is 5.13 Å². The van der Waals surface area contributed by atoms with Crippen molar-refractivity contribution in [2.24, 2.45) is 0 Å². The maximum atomic E-state index is 12.9. The van der Waals surface area contributed by atoms with Crippen molar-refractivity contribution in [3.8, 4) is 0 Å². The van der Waals surface area contributed by atoms with Gasteiger partial charge >= 0.3 is 0 Å². The summed E-state index contributed by atoms with van der Waals surface area (Å²) in [6.07, 6.45) is 3.85. The van der Waals surface area contributed by atoms with Crippen molar-refractivity contribution < 1.29 is 9.59 Å². The van der Waals surface area contributed by atoms with Crippen LogP contribution in [-0.2, 0) is 13.0 Å². The lowest BCUT2D eigenvalue weighted by Gasteiger charge is -2.26. The molecule has 0 bridgehead atoms. The molecule has 0 saturated heterocycles. The number of imidazole rings is 1. The van der Waals surface area contributed by atoms with Crippen LogP contribution in [0, 0.1) is 0 Å². The second-order valence-electron chi connectivity index (χ2n) is 6.67. The molecule has 1 aliphatic rings. The number of nitrogens with one attached hydrogen (secondary N) is 2. The van der Waals surface area contributed by atoms with Crippen LogP contribution in [0.15, 0.2) is 48.9 Å². The number of benzene rings is 1. The highest BCUT2D eigenvalue weighted by Gasteiger charge is 2.25. The zero-order valence-electron chi connectivity index (χ0n) is 15.3. The number of rotatable bonds is 3. The minimum Gasteiger partial charge on any atom is -0.345 e. The number of thiazole rings is 1. The van der Waals surface area contributed by atoms with E-state index >= 15 is 0 Å². The highest BCUT2D eigenvalue weighted by Crippen LogP contribution is 2.29. The lowest BCUT2D eigenvalue weighted by Crippen LogP contribution is -2.35. The van der Waals surface area contributed by atoms with Gasteiger partial charge in [0.1, 0.15) is 5.69 Å². The predicted molar refractivity (Wildman–Crippen MR) is 109 cm³/mol. The molecule has 0 saturated carbocycles. The SMILES string of the molecule is O=C(Nc1nc2c(s1)CN(C(=O)c1ccc3nc[nH]c3c1)CC2)c1ccccn1. The van der Waals surface area contributed by atoms with E-state index < -0.39 is 0 Å². The van der Waals surface area contributed by atoms with Gasteiger partial charge in [-0.25, -0.2) is 9.97 Å². The molecule has 29 heavy (non-hydrogen) atoms. The average Bonchev–Trinajstić information content (AvgIpc) is 3.38. The van der Waals surface area contributed by atoms with E-state index in [1.165, 1.54) is 11.3 Å².